The molecule has 0 bridgehead atoms. The molecule has 0 heterocycles. The number of aryl methyl sites for hydroxylation is 1. The van der Waals surface area contributed by atoms with Crippen LogP contribution in [0.3, 0.4) is 0 Å². The van der Waals surface area contributed by atoms with Crippen LogP contribution in [0.25, 0.3) is 6.08 Å². The second-order valence-corrected chi connectivity index (χ2v) is 4.33. The second kappa shape index (κ2) is 8.08. The lowest BCUT2D eigenvalue weighted by Crippen LogP contribution is -2.02. The summed E-state index contributed by atoms with van der Waals surface area (Å²) in [5.41, 5.74) is 5.98. The van der Waals surface area contributed by atoms with Gasteiger partial charge in [-0.3, -0.25) is 0 Å². The fourth-order valence-electron chi connectivity index (χ4n) is 2.43. The monoisotopic (exact) mass is 233 g/mol. The zero-order valence-corrected chi connectivity index (χ0v) is 11.7. The van der Waals surface area contributed by atoms with Gasteiger partial charge in [0.1, 0.15) is 0 Å². The summed E-state index contributed by atoms with van der Waals surface area (Å²) in [7, 11) is 0. The van der Waals surface area contributed by atoms with E-state index in [1.807, 2.05) is 6.08 Å². The van der Waals surface area contributed by atoms with Gasteiger partial charge in [0.25, 0.3) is 0 Å². The van der Waals surface area contributed by atoms with E-state index < -0.39 is 0 Å². The van der Waals surface area contributed by atoms with Crippen LogP contribution < -0.4 is 6.15 Å². The van der Waals surface area contributed by atoms with Gasteiger partial charge < -0.3 is 6.15 Å². The Morgan fingerprint density at radius 1 is 1.00 bits per heavy atom. The third kappa shape index (κ3) is 3.71. The van der Waals surface area contributed by atoms with Crippen LogP contribution in [0, 0.1) is 0 Å². The summed E-state index contributed by atoms with van der Waals surface area (Å²) in [5, 5.41) is 0. The van der Waals surface area contributed by atoms with Gasteiger partial charge in [-0.05, 0) is 41.5 Å². The quantitative estimate of drug-likeness (QED) is 0.740. The molecule has 0 radical (unpaired) electrons. The Labute approximate surface area is 107 Å². The van der Waals surface area contributed by atoms with Gasteiger partial charge in [-0.1, -0.05) is 58.4 Å². The molecule has 1 aromatic carbocycles. The van der Waals surface area contributed by atoms with E-state index in [1.54, 1.807) is 11.1 Å². The van der Waals surface area contributed by atoms with Gasteiger partial charge in [0, 0.05) is 0 Å². The van der Waals surface area contributed by atoms with Crippen molar-refractivity contribution in [1.82, 2.24) is 6.15 Å². The fraction of sp³-hybridized carbons (Fsp3) is 0.500. The highest BCUT2D eigenvalue weighted by atomic mass is 14.1. The van der Waals surface area contributed by atoms with E-state index in [0.29, 0.717) is 0 Å². The minimum Gasteiger partial charge on any atom is -0.344 e. The molecule has 1 rings (SSSR count). The summed E-state index contributed by atoms with van der Waals surface area (Å²) in [6.45, 7) is 10.7. The van der Waals surface area contributed by atoms with E-state index in [2.05, 4.69) is 39.5 Å². The van der Waals surface area contributed by atoms with Crippen LogP contribution in [0.5, 0.6) is 0 Å². The van der Waals surface area contributed by atoms with Crippen molar-refractivity contribution >= 4 is 6.08 Å². The van der Waals surface area contributed by atoms with Crippen molar-refractivity contribution in [3.63, 3.8) is 0 Å². The van der Waals surface area contributed by atoms with Crippen molar-refractivity contribution in [3.05, 3.63) is 41.0 Å². The lowest BCUT2D eigenvalue weighted by atomic mass is 9.89. The molecule has 0 fully saturated rings. The highest BCUT2D eigenvalue weighted by Crippen LogP contribution is 2.24. The predicted molar refractivity (Wildman–Crippen MR) is 78.9 cm³/mol. The van der Waals surface area contributed by atoms with Gasteiger partial charge in [0.05, 0.1) is 0 Å². The summed E-state index contributed by atoms with van der Waals surface area (Å²) in [6, 6.07) is 4.53. The van der Waals surface area contributed by atoms with Crippen molar-refractivity contribution < 1.29 is 0 Å². The summed E-state index contributed by atoms with van der Waals surface area (Å²) < 4.78 is 0. The van der Waals surface area contributed by atoms with Crippen LogP contribution in [0.2, 0.25) is 0 Å². The van der Waals surface area contributed by atoms with Gasteiger partial charge in [0.2, 0.25) is 0 Å². The molecule has 1 nitrogen and oxygen atoms in total. The first-order valence-corrected chi connectivity index (χ1v) is 6.54. The van der Waals surface area contributed by atoms with Crippen LogP contribution >= 0.6 is 0 Å². The summed E-state index contributed by atoms with van der Waals surface area (Å²) in [5.74, 6) is 0. The number of rotatable bonds is 6. The topological polar surface area (TPSA) is 35.0 Å². The largest absolute Gasteiger partial charge is 0.344 e. The summed E-state index contributed by atoms with van der Waals surface area (Å²) in [6.07, 6.45) is 7.99. The van der Waals surface area contributed by atoms with Crippen LogP contribution in [0.4, 0.5) is 0 Å². The number of hydrogen-bond acceptors (Lipinski definition) is 1. The Kier molecular flexibility index (Phi) is 7.56. The van der Waals surface area contributed by atoms with E-state index in [-0.39, 0.29) is 6.15 Å². The minimum absolute atomic E-state index is 0. The van der Waals surface area contributed by atoms with E-state index >= 15 is 0 Å². The van der Waals surface area contributed by atoms with Crippen LogP contribution in [0.1, 0.15) is 55.9 Å². The van der Waals surface area contributed by atoms with Crippen molar-refractivity contribution in [2.24, 2.45) is 0 Å². The molecule has 0 aromatic heterocycles. The van der Waals surface area contributed by atoms with E-state index in [9.17, 15) is 0 Å². The number of benzene rings is 1. The Balaban J connectivity index is 0.00000256. The first kappa shape index (κ1) is 15.9. The average molecular weight is 233 g/mol. The lowest BCUT2D eigenvalue weighted by molar-refractivity contribution is 0.844. The highest BCUT2D eigenvalue weighted by molar-refractivity contribution is 5.56. The average Bonchev–Trinajstić information content (AvgIpc) is 2.31. The van der Waals surface area contributed by atoms with Crippen LogP contribution in [-0.4, -0.2) is 0 Å². The molecule has 0 aliphatic rings. The van der Waals surface area contributed by atoms with Gasteiger partial charge in [0.15, 0.2) is 0 Å². The maximum absolute atomic E-state index is 3.92. The van der Waals surface area contributed by atoms with E-state index in [4.69, 9.17) is 0 Å². The molecule has 0 saturated carbocycles. The molecule has 3 N–H and O–H groups in total. The smallest absolute Gasteiger partial charge is 0.0228 e. The third-order valence-corrected chi connectivity index (χ3v) is 3.16. The van der Waals surface area contributed by atoms with Crippen molar-refractivity contribution in [2.45, 2.75) is 52.9 Å². The van der Waals surface area contributed by atoms with Gasteiger partial charge >= 0.3 is 0 Å². The zero-order valence-electron chi connectivity index (χ0n) is 11.7. The second-order valence-electron chi connectivity index (χ2n) is 4.33. The number of hydrogen-bond donors (Lipinski definition) is 1. The molecule has 0 unspecified atom stereocenters. The Bertz CT molecular complexity index is 353. The normalized spacial score (nSPS) is 9.82. The molecule has 0 saturated heterocycles. The SMILES string of the molecule is C=Cc1ccc(CCC)c(CCC)c1CC.N. The zero-order chi connectivity index (χ0) is 12.0. The van der Waals surface area contributed by atoms with Crippen LogP contribution in [0.15, 0.2) is 18.7 Å². The Morgan fingerprint density at radius 2 is 1.65 bits per heavy atom. The van der Waals surface area contributed by atoms with Gasteiger partial charge in [-0.15, -0.1) is 0 Å². The molecule has 1 heteroatoms. The summed E-state index contributed by atoms with van der Waals surface area (Å²) in [4.78, 5) is 0. The molecule has 1 aromatic rings. The van der Waals surface area contributed by atoms with Crippen molar-refractivity contribution in [1.29, 1.82) is 0 Å². The Morgan fingerprint density at radius 3 is 2.12 bits per heavy atom. The summed E-state index contributed by atoms with van der Waals surface area (Å²) >= 11 is 0. The van der Waals surface area contributed by atoms with Crippen LogP contribution in [-0.2, 0) is 19.3 Å². The molecule has 17 heavy (non-hydrogen) atoms. The third-order valence-electron chi connectivity index (χ3n) is 3.16. The minimum atomic E-state index is 0. The molecule has 0 atom stereocenters. The Hall–Kier alpha value is -1.08. The van der Waals surface area contributed by atoms with E-state index in [0.717, 1.165) is 6.42 Å². The maximum atomic E-state index is 3.92. The predicted octanol–water partition coefficient (Wildman–Crippen LogP) is 4.96. The highest BCUT2D eigenvalue weighted by Gasteiger charge is 2.09. The van der Waals surface area contributed by atoms with E-state index in [1.165, 1.54) is 36.8 Å². The van der Waals surface area contributed by atoms with Crippen molar-refractivity contribution in [3.8, 4) is 0 Å². The van der Waals surface area contributed by atoms with Crippen molar-refractivity contribution in [2.75, 3.05) is 0 Å². The first-order chi connectivity index (χ1) is 7.78. The maximum Gasteiger partial charge on any atom is -0.0228 e. The molecule has 0 aliphatic heterocycles. The first-order valence-electron chi connectivity index (χ1n) is 6.54. The molecule has 96 valence electrons. The molecular formula is C16H27N. The van der Waals surface area contributed by atoms with Gasteiger partial charge in [-0.25, -0.2) is 0 Å². The molecule has 0 spiro atoms. The van der Waals surface area contributed by atoms with Gasteiger partial charge in [-0.2, -0.15) is 0 Å². The molecule has 0 amide bonds. The molecule has 0 aliphatic carbocycles. The lowest BCUT2D eigenvalue weighted by Gasteiger charge is -2.16. The fourth-order valence-corrected chi connectivity index (χ4v) is 2.43. The molecular weight excluding hydrogens is 206 g/mol. The standard InChI is InChI=1S/C16H24.H3N/c1-5-9-14-12-11-13(7-3)15(8-4)16(14)10-6-2;/h7,11-12H,3,5-6,8-10H2,1-2,4H3;1H3.